The fourth-order valence-corrected chi connectivity index (χ4v) is 2.00. The molecule has 0 amide bonds. The van der Waals surface area contributed by atoms with Gasteiger partial charge in [-0.05, 0) is 31.9 Å². The Balaban J connectivity index is 1.84. The molecular formula is C13H19NO2. The van der Waals surface area contributed by atoms with E-state index in [0.29, 0.717) is 12.2 Å². The van der Waals surface area contributed by atoms with Gasteiger partial charge in [0.05, 0.1) is 19.3 Å². The maximum atomic E-state index is 5.75. The molecular weight excluding hydrogens is 202 g/mol. The Bertz CT molecular complexity index is 340. The summed E-state index contributed by atoms with van der Waals surface area (Å²) in [7, 11) is 1.68. The Morgan fingerprint density at radius 1 is 1.44 bits per heavy atom. The molecule has 1 aromatic rings. The summed E-state index contributed by atoms with van der Waals surface area (Å²) in [6.45, 7) is 3.00. The van der Waals surface area contributed by atoms with Gasteiger partial charge in [-0.25, -0.2) is 0 Å². The zero-order valence-corrected chi connectivity index (χ0v) is 9.90. The average molecular weight is 221 g/mol. The molecule has 0 saturated carbocycles. The zero-order valence-electron chi connectivity index (χ0n) is 9.90. The summed E-state index contributed by atoms with van der Waals surface area (Å²) in [5.74, 6) is 0.880. The van der Waals surface area contributed by atoms with E-state index in [1.165, 1.54) is 6.42 Å². The first-order valence-electron chi connectivity index (χ1n) is 5.81. The summed E-state index contributed by atoms with van der Waals surface area (Å²) < 4.78 is 10.9. The Hall–Kier alpha value is -1.22. The minimum absolute atomic E-state index is 0.348. The van der Waals surface area contributed by atoms with E-state index < -0.39 is 0 Å². The molecule has 88 valence electrons. The average Bonchev–Trinajstić information content (AvgIpc) is 2.73. The maximum absolute atomic E-state index is 5.75. The summed E-state index contributed by atoms with van der Waals surface area (Å²) in [5, 5.41) is 3.38. The second-order valence-electron chi connectivity index (χ2n) is 4.26. The van der Waals surface area contributed by atoms with Gasteiger partial charge in [-0.3, -0.25) is 0 Å². The Kier molecular flexibility index (Phi) is 3.67. The second-order valence-corrected chi connectivity index (χ2v) is 4.26. The number of anilines is 1. The van der Waals surface area contributed by atoms with Gasteiger partial charge in [0.25, 0.3) is 0 Å². The Morgan fingerprint density at radius 2 is 2.31 bits per heavy atom. The summed E-state index contributed by atoms with van der Waals surface area (Å²) in [6.07, 6.45) is 3.08. The highest BCUT2D eigenvalue weighted by Crippen LogP contribution is 2.21. The number of ether oxygens (including phenoxy) is 2. The lowest BCUT2D eigenvalue weighted by Gasteiger charge is -2.13. The molecule has 1 aliphatic rings. The number of hydrogen-bond acceptors (Lipinski definition) is 3. The van der Waals surface area contributed by atoms with Crippen molar-refractivity contribution in [3.05, 3.63) is 24.3 Å². The van der Waals surface area contributed by atoms with Crippen molar-refractivity contribution in [1.29, 1.82) is 0 Å². The normalized spacial score (nSPS) is 24.4. The lowest BCUT2D eigenvalue weighted by atomic mass is 10.2. The van der Waals surface area contributed by atoms with Crippen LogP contribution in [0.15, 0.2) is 24.3 Å². The first-order chi connectivity index (χ1) is 7.78. The van der Waals surface area contributed by atoms with E-state index in [9.17, 15) is 0 Å². The van der Waals surface area contributed by atoms with Gasteiger partial charge in [0.15, 0.2) is 0 Å². The summed E-state index contributed by atoms with van der Waals surface area (Å²) in [6, 6.07) is 7.97. The van der Waals surface area contributed by atoms with Gasteiger partial charge >= 0.3 is 0 Å². The maximum Gasteiger partial charge on any atom is 0.120 e. The van der Waals surface area contributed by atoms with Crippen LogP contribution in [0, 0.1) is 0 Å². The van der Waals surface area contributed by atoms with Crippen molar-refractivity contribution in [1.82, 2.24) is 0 Å². The molecule has 1 aromatic carbocycles. The first kappa shape index (κ1) is 11.3. The summed E-state index contributed by atoms with van der Waals surface area (Å²) in [5.41, 5.74) is 1.09. The van der Waals surface area contributed by atoms with E-state index in [1.807, 2.05) is 24.3 Å². The molecule has 0 aromatic heterocycles. The third-order valence-electron chi connectivity index (χ3n) is 2.92. The minimum atomic E-state index is 0.348. The fourth-order valence-electron chi connectivity index (χ4n) is 2.00. The second kappa shape index (κ2) is 5.21. The largest absolute Gasteiger partial charge is 0.497 e. The van der Waals surface area contributed by atoms with Crippen LogP contribution >= 0.6 is 0 Å². The van der Waals surface area contributed by atoms with Gasteiger partial charge in [0, 0.05) is 18.3 Å². The van der Waals surface area contributed by atoms with Gasteiger partial charge in [0.2, 0.25) is 0 Å². The van der Waals surface area contributed by atoms with Crippen LogP contribution in [0.25, 0.3) is 0 Å². The van der Waals surface area contributed by atoms with Gasteiger partial charge in [0.1, 0.15) is 5.75 Å². The monoisotopic (exact) mass is 221 g/mol. The number of nitrogens with one attached hydrogen (secondary N) is 1. The van der Waals surface area contributed by atoms with Crippen LogP contribution < -0.4 is 10.1 Å². The lowest BCUT2D eigenvalue weighted by molar-refractivity contribution is 0.0637. The van der Waals surface area contributed by atoms with Crippen LogP contribution in [-0.2, 0) is 4.74 Å². The van der Waals surface area contributed by atoms with Crippen LogP contribution in [-0.4, -0.2) is 25.9 Å². The molecule has 2 rings (SSSR count). The lowest BCUT2D eigenvalue weighted by Crippen LogP contribution is -2.19. The van der Waals surface area contributed by atoms with Crippen molar-refractivity contribution in [2.24, 2.45) is 0 Å². The molecule has 0 spiro atoms. The van der Waals surface area contributed by atoms with E-state index in [0.717, 1.165) is 24.4 Å². The van der Waals surface area contributed by atoms with E-state index >= 15 is 0 Å². The molecule has 3 nitrogen and oxygen atoms in total. The number of methoxy groups -OCH3 is 1. The van der Waals surface area contributed by atoms with Gasteiger partial charge in [-0.15, -0.1) is 0 Å². The predicted octanol–water partition coefficient (Wildman–Crippen LogP) is 2.67. The molecule has 0 bridgehead atoms. The fraction of sp³-hybridized carbons (Fsp3) is 0.538. The molecule has 2 unspecified atom stereocenters. The highest BCUT2D eigenvalue weighted by Gasteiger charge is 2.21. The van der Waals surface area contributed by atoms with Crippen LogP contribution in [0.1, 0.15) is 19.8 Å². The van der Waals surface area contributed by atoms with Crippen molar-refractivity contribution < 1.29 is 9.47 Å². The SMILES string of the molecule is COc1cccc(NCC2CCC(C)O2)c1. The molecule has 1 fully saturated rings. The quantitative estimate of drug-likeness (QED) is 0.848. The van der Waals surface area contributed by atoms with E-state index in [4.69, 9.17) is 9.47 Å². The van der Waals surface area contributed by atoms with E-state index in [1.54, 1.807) is 7.11 Å². The van der Waals surface area contributed by atoms with E-state index in [-0.39, 0.29) is 0 Å². The van der Waals surface area contributed by atoms with Crippen molar-refractivity contribution >= 4 is 5.69 Å². The highest BCUT2D eigenvalue weighted by molar-refractivity contribution is 5.48. The van der Waals surface area contributed by atoms with E-state index in [2.05, 4.69) is 12.2 Å². The number of hydrogen-bond donors (Lipinski definition) is 1. The third-order valence-corrected chi connectivity index (χ3v) is 2.92. The summed E-state index contributed by atoms with van der Waals surface area (Å²) >= 11 is 0. The molecule has 1 N–H and O–H groups in total. The Morgan fingerprint density at radius 3 is 3.00 bits per heavy atom. The first-order valence-corrected chi connectivity index (χ1v) is 5.81. The number of benzene rings is 1. The molecule has 1 saturated heterocycles. The molecule has 2 atom stereocenters. The Labute approximate surface area is 96.8 Å². The minimum Gasteiger partial charge on any atom is -0.497 e. The van der Waals surface area contributed by atoms with Gasteiger partial charge in [-0.1, -0.05) is 6.07 Å². The molecule has 0 aliphatic carbocycles. The number of rotatable bonds is 4. The molecule has 3 heteroatoms. The van der Waals surface area contributed by atoms with Crippen molar-refractivity contribution in [2.75, 3.05) is 19.0 Å². The van der Waals surface area contributed by atoms with Crippen LogP contribution in [0.5, 0.6) is 5.75 Å². The van der Waals surface area contributed by atoms with Crippen molar-refractivity contribution in [3.63, 3.8) is 0 Å². The zero-order chi connectivity index (χ0) is 11.4. The van der Waals surface area contributed by atoms with Gasteiger partial charge in [-0.2, -0.15) is 0 Å². The third kappa shape index (κ3) is 2.89. The standard InChI is InChI=1S/C13H19NO2/c1-10-6-7-13(16-10)9-14-11-4-3-5-12(8-11)15-2/h3-5,8,10,13-14H,6-7,9H2,1-2H3. The molecule has 0 radical (unpaired) electrons. The van der Waals surface area contributed by atoms with Crippen LogP contribution in [0.4, 0.5) is 5.69 Å². The van der Waals surface area contributed by atoms with Crippen molar-refractivity contribution in [2.45, 2.75) is 32.0 Å². The topological polar surface area (TPSA) is 30.5 Å². The predicted molar refractivity (Wildman–Crippen MR) is 65.1 cm³/mol. The van der Waals surface area contributed by atoms with Crippen molar-refractivity contribution in [3.8, 4) is 5.75 Å². The smallest absolute Gasteiger partial charge is 0.120 e. The summed E-state index contributed by atoms with van der Waals surface area (Å²) in [4.78, 5) is 0. The van der Waals surface area contributed by atoms with Crippen LogP contribution in [0.3, 0.4) is 0 Å². The van der Waals surface area contributed by atoms with Crippen LogP contribution in [0.2, 0.25) is 0 Å². The molecule has 1 aliphatic heterocycles. The highest BCUT2D eigenvalue weighted by atomic mass is 16.5. The molecule has 16 heavy (non-hydrogen) atoms. The molecule has 1 heterocycles. The van der Waals surface area contributed by atoms with Gasteiger partial charge < -0.3 is 14.8 Å².